The average Bonchev–Trinajstić information content (AvgIpc) is 2.60. The molecule has 0 radical (unpaired) electrons. The summed E-state index contributed by atoms with van der Waals surface area (Å²) in [5, 5.41) is 8.88. The van der Waals surface area contributed by atoms with Crippen LogP contribution in [0.3, 0.4) is 0 Å². The number of amides is 1. The van der Waals surface area contributed by atoms with E-state index in [4.69, 9.17) is 5.26 Å². The third-order valence-electron chi connectivity index (χ3n) is 4.19. The van der Waals surface area contributed by atoms with E-state index in [-0.39, 0.29) is 23.4 Å². The fourth-order valence-corrected chi connectivity index (χ4v) is 4.63. The monoisotopic (exact) mass is 355 g/mol. The van der Waals surface area contributed by atoms with Crippen molar-refractivity contribution in [3.63, 3.8) is 0 Å². The molecule has 1 amide bonds. The first kappa shape index (κ1) is 17.0. The lowest BCUT2D eigenvalue weighted by Gasteiger charge is -2.40. The minimum absolute atomic E-state index is 0.116. The minimum Gasteiger partial charge on any atom is -0.306 e. The summed E-state index contributed by atoms with van der Waals surface area (Å²) in [6.07, 6.45) is 0. The number of carbonyl (C=O) groups is 1. The Bertz CT molecular complexity index is 962. The smallest absolute Gasteiger partial charge is 0.264 e. The summed E-state index contributed by atoms with van der Waals surface area (Å²) in [7, 11) is -3.80. The van der Waals surface area contributed by atoms with Gasteiger partial charge in [0.15, 0.2) is 0 Å². The van der Waals surface area contributed by atoms with Gasteiger partial charge in [0.25, 0.3) is 10.0 Å². The predicted molar refractivity (Wildman–Crippen MR) is 94.8 cm³/mol. The van der Waals surface area contributed by atoms with Gasteiger partial charge in [-0.15, -0.1) is 0 Å². The molecule has 128 valence electrons. The van der Waals surface area contributed by atoms with Crippen LogP contribution in [0.15, 0.2) is 53.4 Å². The summed E-state index contributed by atoms with van der Waals surface area (Å²) in [5.74, 6) is -0.129. The normalized spacial score (nSPS) is 16.9. The first-order valence-electron chi connectivity index (χ1n) is 7.78. The first-order chi connectivity index (χ1) is 11.9. The van der Waals surface area contributed by atoms with Crippen LogP contribution in [0.25, 0.3) is 0 Å². The molecule has 1 aliphatic heterocycles. The highest BCUT2D eigenvalue weighted by Crippen LogP contribution is 2.38. The Morgan fingerprint density at radius 1 is 1.12 bits per heavy atom. The number of rotatable bonds is 2. The number of fused-ring (bicyclic) bond motifs is 1. The van der Waals surface area contributed by atoms with E-state index in [9.17, 15) is 13.2 Å². The molecule has 0 saturated heterocycles. The van der Waals surface area contributed by atoms with Crippen molar-refractivity contribution in [2.45, 2.75) is 24.8 Å². The van der Waals surface area contributed by atoms with Gasteiger partial charge in [-0.2, -0.15) is 5.26 Å². The Labute approximate surface area is 147 Å². The Morgan fingerprint density at radius 3 is 2.28 bits per heavy atom. The lowest BCUT2D eigenvalue weighted by molar-refractivity contribution is -0.117. The molecule has 2 aromatic carbocycles. The zero-order chi connectivity index (χ0) is 18.2. The van der Waals surface area contributed by atoms with Gasteiger partial charge in [-0.25, -0.2) is 8.42 Å². The van der Waals surface area contributed by atoms with Gasteiger partial charge in [0.05, 0.1) is 40.5 Å². The van der Waals surface area contributed by atoms with Gasteiger partial charge >= 0.3 is 0 Å². The molecule has 1 aliphatic rings. The van der Waals surface area contributed by atoms with E-state index in [1.54, 1.807) is 29.2 Å². The second-order valence-electron chi connectivity index (χ2n) is 5.90. The number of nitriles is 1. The molecule has 1 unspecified atom stereocenters. The van der Waals surface area contributed by atoms with E-state index in [1.165, 1.54) is 35.5 Å². The Morgan fingerprint density at radius 2 is 1.72 bits per heavy atom. The number of nitrogens with zero attached hydrogens (tertiary/aromatic N) is 3. The summed E-state index contributed by atoms with van der Waals surface area (Å²) in [5.41, 5.74) is 1.44. The van der Waals surface area contributed by atoms with Crippen LogP contribution in [-0.2, 0) is 14.8 Å². The lowest BCUT2D eigenvalue weighted by Crippen LogP contribution is -2.51. The first-order valence-corrected chi connectivity index (χ1v) is 9.22. The van der Waals surface area contributed by atoms with Crippen molar-refractivity contribution in [1.82, 2.24) is 0 Å². The van der Waals surface area contributed by atoms with Crippen LogP contribution in [0.5, 0.6) is 0 Å². The maximum Gasteiger partial charge on any atom is 0.264 e. The number of anilines is 2. The summed E-state index contributed by atoms with van der Waals surface area (Å²) in [6.45, 7) is 3.45. The van der Waals surface area contributed by atoms with E-state index >= 15 is 0 Å². The molecule has 25 heavy (non-hydrogen) atoms. The number of para-hydroxylation sites is 2. The molecule has 3 rings (SSSR count). The summed E-state index contributed by atoms with van der Waals surface area (Å²) in [6, 6.07) is 14.5. The van der Waals surface area contributed by atoms with Crippen molar-refractivity contribution in [1.29, 1.82) is 5.26 Å². The van der Waals surface area contributed by atoms with E-state index in [0.29, 0.717) is 16.9 Å². The molecule has 7 heteroatoms. The third-order valence-corrected chi connectivity index (χ3v) is 5.99. The average molecular weight is 355 g/mol. The van der Waals surface area contributed by atoms with Crippen LogP contribution in [0.1, 0.15) is 19.4 Å². The standard InChI is InChI=1S/C18H17N3O3S/c1-13-12-20(17-5-3-4-6-18(17)21(13)14(2)22)25(23,24)16-9-7-15(11-19)8-10-16/h3-10,13H,12H2,1-2H3. The van der Waals surface area contributed by atoms with Gasteiger partial charge in [0.2, 0.25) is 5.91 Å². The van der Waals surface area contributed by atoms with Crippen molar-refractivity contribution in [3.05, 3.63) is 54.1 Å². The number of sulfonamides is 1. The second kappa shape index (κ2) is 6.22. The molecule has 1 atom stereocenters. The van der Waals surface area contributed by atoms with Gasteiger partial charge in [0.1, 0.15) is 0 Å². The van der Waals surface area contributed by atoms with Gasteiger partial charge < -0.3 is 4.90 Å². The molecule has 0 saturated carbocycles. The molecule has 0 bridgehead atoms. The SMILES string of the molecule is CC(=O)N1c2ccccc2N(S(=O)(=O)c2ccc(C#N)cc2)CC1C. The van der Waals surface area contributed by atoms with E-state index < -0.39 is 10.0 Å². The molecule has 0 aliphatic carbocycles. The molecule has 0 aromatic heterocycles. The number of benzene rings is 2. The third kappa shape index (κ3) is 2.85. The molecule has 0 fully saturated rings. The fraction of sp³-hybridized carbons (Fsp3) is 0.222. The van der Waals surface area contributed by atoms with Crippen LogP contribution < -0.4 is 9.21 Å². The quantitative estimate of drug-likeness (QED) is 0.829. The molecule has 0 N–H and O–H groups in total. The van der Waals surface area contributed by atoms with Crippen molar-refractivity contribution < 1.29 is 13.2 Å². The zero-order valence-corrected chi connectivity index (χ0v) is 14.7. The molecule has 0 spiro atoms. The number of hydrogen-bond donors (Lipinski definition) is 0. The fourth-order valence-electron chi connectivity index (χ4n) is 3.07. The van der Waals surface area contributed by atoms with E-state index in [1.807, 2.05) is 13.0 Å². The van der Waals surface area contributed by atoms with Crippen LogP contribution in [0.2, 0.25) is 0 Å². The van der Waals surface area contributed by atoms with Crippen LogP contribution >= 0.6 is 0 Å². The summed E-state index contributed by atoms with van der Waals surface area (Å²) in [4.78, 5) is 13.7. The Kier molecular flexibility index (Phi) is 4.23. The van der Waals surface area contributed by atoms with Gasteiger partial charge in [-0.1, -0.05) is 12.1 Å². The summed E-state index contributed by atoms with van der Waals surface area (Å²) < 4.78 is 27.5. The molecular weight excluding hydrogens is 338 g/mol. The van der Waals surface area contributed by atoms with Gasteiger partial charge in [-0.05, 0) is 43.3 Å². The Balaban J connectivity index is 2.11. The highest BCUT2D eigenvalue weighted by molar-refractivity contribution is 7.92. The van der Waals surface area contributed by atoms with Crippen LogP contribution in [0.4, 0.5) is 11.4 Å². The highest BCUT2D eigenvalue weighted by atomic mass is 32.2. The maximum atomic E-state index is 13.1. The van der Waals surface area contributed by atoms with Crippen molar-refractivity contribution in [3.8, 4) is 6.07 Å². The second-order valence-corrected chi connectivity index (χ2v) is 7.76. The van der Waals surface area contributed by atoms with E-state index in [2.05, 4.69) is 0 Å². The van der Waals surface area contributed by atoms with Crippen molar-refractivity contribution >= 4 is 27.3 Å². The van der Waals surface area contributed by atoms with Crippen LogP contribution in [-0.4, -0.2) is 26.9 Å². The topological polar surface area (TPSA) is 81.5 Å². The predicted octanol–water partition coefficient (Wildman–Crippen LogP) is 2.51. The number of hydrogen-bond acceptors (Lipinski definition) is 4. The molecule has 2 aromatic rings. The highest BCUT2D eigenvalue weighted by Gasteiger charge is 2.36. The van der Waals surface area contributed by atoms with Crippen LogP contribution in [0, 0.1) is 11.3 Å². The largest absolute Gasteiger partial charge is 0.306 e. The van der Waals surface area contributed by atoms with Gasteiger partial charge in [-0.3, -0.25) is 9.10 Å². The van der Waals surface area contributed by atoms with E-state index in [0.717, 1.165) is 0 Å². The zero-order valence-electron chi connectivity index (χ0n) is 13.9. The molecule has 1 heterocycles. The maximum absolute atomic E-state index is 13.1. The molecular formula is C18H17N3O3S. The van der Waals surface area contributed by atoms with Gasteiger partial charge in [0, 0.05) is 6.92 Å². The summed E-state index contributed by atoms with van der Waals surface area (Å²) >= 11 is 0. The Hall–Kier alpha value is -2.85. The molecule has 6 nitrogen and oxygen atoms in total. The lowest BCUT2D eigenvalue weighted by atomic mass is 10.1. The van der Waals surface area contributed by atoms with Crippen molar-refractivity contribution in [2.24, 2.45) is 0 Å². The minimum atomic E-state index is -3.80. The number of carbonyl (C=O) groups excluding carboxylic acids is 1. The van der Waals surface area contributed by atoms with Crippen molar-refractivity contribution in [2.75, 3.05) is 15.7 Å².